The highest BCUT2D eigenvalue weighted by molar-refractivity contribution is 6.33. The van der Waals surface area contributed by atoms with Gasteiger partial charge in [0.1, 0.15) is 5.82 Å². The number of rotatable bonds is 3. The number of nitrogens with one attached hydrogen (secondary N) is 1. The highest BCUT2D eigenvalue weighted by Gasteiger charge is 2.27. The largest absolute Gasteiger partial charge is 0.335 e. The number of nitrogens with zero attached hydrogens (tertiary/aromatic N) is 3. The summed E-state index contributed by atoms with van der Waals surface area (Å²) >= 11 is 6.22. The molecule has 1 aliphatic rings. The number of benzene rings is 1. The molecular formula is C18H23ClN4O. The van der Waals surface area contributed by atoms with Gasteiger partial charge in [0.2, 0.25) is 0 Å². The zero-order valence-electron chi connectivity index (χ0n) is 14.1. The number of hydrogen-bond acceptors (Lipinski definition) is 2. The van der Waals surface area contributed by atoms with Crippen molar-refractivity contribution in [1.29, 1.82) is 0 Å². The number of carbonyl (C=O) groups excluding carboxylic acids is 1. The summed E-state index contributed by atoms with van der Waals surface area (Å²) in [6.07, 6.45) is 5.88. The number of likely N-dealkylation sites (tertiary alicyclic amines) is 1. The van der Waals surface area contributed by atoms with Gasteiger partial charge in [0.25, 0.3) is 0 Å². The topological polar surface area (TPSA) is 50.2 Å². The Balaban J connectivity index is 1.71. The number of imidazole rings is 1. The Labute approximate surface area is 147 Å². The van der Waals surface area contributed by atoms with E-state index in [1.165, 1.54) is 0 Å². The lowest BCUT2D eigenvalue weighted by Gasteiger charge is -2.33. The molecule has 1 unspecified atom stereocenters. The van der Waals surface area contributed by atoms with Crippen LogP contribution in [0.4, 0.5) is 10.5 Å². The van der Waals surface area contributed by atoms with Crippen molar-refractivity contribution in [2.75, 3.05) is 18.4 Å². The third-order valence-electron chi connectivity index (χ3n) is 4.62. The lowest BCUT2D eigenvalue weighted by atomic mass is 9.97. The summed E-state index contributed by atoms with van der Waals surface area (Å²) in [5.74, 6) is 1.36. The molecule has 1 fully saturated rings. The number of hydrogen-bond donors (Lipinski definition) is 1. The fraction of sp³-hybridized carbons (Fsp3) is 0.444. The van der Waals surface area contributed by atoms with Crippen LogP contribution in [0, 0.1) is 6.92 Å². The molecule has 1 aromatic heterocycles. The minimum Gasteiger partial charge on any atom is -0.335 e. The van der Waals surface area contributed by atoms with Crippen LogP contribution in [0.5, 0.6) is 0 Å². The van der Waals surface area contributed by atoms with Gasteiger partial charge < -0.3 is 14.8 Å². The molecule has 2 heterocycles. The Morgan fingerprint density at radius 2 is 2.29 bits per heavy atom. The summed E-state index contributed by atoms with van der Waals surface area (Å²) < 4.78 is 2.16. The van der Waals surface area contributed by atoms with E-state index in [9.17, 15) is 4.79 Å². The maximum absolute atomic E-state index is 12.7. The van der Waals surface area contributed by atoms with E-state index in [4.69, 9.17) is 11.6 Å². The Bertz CT molecular complexity index is 707. The van der Waals surface area contributed by atoms with Crippen LogP contribution in [0.3, 0.4) is 0 Å². The normalized spacial score (nSPS) is 17.8. The quantitative estimate of drug-likeness (QED) is 0.901. The van der Waals surface area contributed by atoms with Gasteiger partial charge in [-0.2, -0.15) is 0 Å². The fourth-order valence-corrected chi connectivity index (χ4v) is 3.57. The molecular weight excluding hydrogens is 324 g/mol. The van der Waals surface area contributed by atoms with Crippen LogP contribution in [0.25, 0.3) is 0 Å². The van der Waals surface area contributed by atoms with Gasteiger partial charge in [-0.15, -0.1) is 0 Å². The van der Waals surface area contributed by atoms with Crippen LogP contribution in [0.15, 0.2) is 30.6 Å². The molecule has 0 saturated carbocycles. The number of urea groups is 1. The smallest absolute Gasteiger partial charge is 0.321 e. The highest BCUT2D eigenvalue weighted by atomic mass is 35.5. The summed E-state index contributed by atoms with van der Waals surface area (Å²) in [5, 5.41) is 3.54. The molecule has 6 heteroatoms. The van der Waals surface area contributed by atoms with E-state index in [1.54, 1.807) is 6.07 Å². The number of halogens is 1. The molecule has 1 atom stereocenters. The molecule has 0 aliphatic carbocycles. The first-order chi connectivity index (χ1) is 11.6. The molecule has 24 heavy (non-hydrogen) atoms. The van der Waals surface area contributed by atoms with Crippen molar-refractivity contribution < 1.29 is 4.79 Å². The molecule has 0 spiro atoms. The predicted molar refractivity (Wildman–Crippen MR) is 96.7 cm³/mol. The Morgan fingerprint density at radius 3 is 3.04 bits per heavy atom. The molecule has 2 amide bonds. The van der Waals surface area contributed by atoms with Gasteiger partial charge >= 0.3 is 6.03 Å². The molecule has 1 aliphatic heterocycles. The molecule has 5 nitrogen and oxygen atoms in total. The van der Waals surface area contributed by atoms with E-state index < -0.39 is 0 Å². The van der Waals surface area contributed by atoms with Gasteiger partial charge in [-0.25, -0.2) is 9.78 Å². The number of amides is 2. The van der Waals surface area contributed by atoms with Gasteiger partial charge in [0.05, 0.1) is 10.7 Å². The first-order valence-electron chi connectivity index (χ1n) is 8.42. The second-order valence-electron chi connectivity index (χ2n) is 6.22. The zero-order chi connectivity index (χ0) is 17.1. The Hall–Kier alpha value is -2.01. The average molecular weight is 347 g/mol. The summed E-state index contributed by atoms with van der Waals surface area (Å²) in [5.41, 5.74) is 1.66. The van der Waals surface area contributed by atoms with Crippen molar-refractivity contribution in [2.24, 2.45) is 0 Å². The van der Waals surface area contributed by atoms with Gasteiger partial charge in [0.15, 0.2) is 0 Å². The van der Waals surface area contributed by atoms with E-state index in [0.717, 1.165) is 37.3 Å². The van der Waals surface area contributed by atoms with Crippen molar-refractivity contribution in [3.63, 3.8) is 0 Å². The fourth-order valence-electron chi connectivity index (χ4n) is 3.30. The van der Waals surface area contributed by atoms with Crippen LogP contribution in [-0.4, -0.2) is 33.6 Å². The van der Waals surface area contributed by atoms with E-state index in [0.29, 0.717) is 17.3 Å². The van der Waals surface area contributed by atoms with Crippen molar-refractivity contribution in [1.82, 2.24) is 14.5 Å². The summed E-state index contributed by atoms with van der Waals surface area (Å²) in [6, 6.07) is 5.53. The number of anilines is 1. The Morgan fingerprint density at radius 1 is 1.46 bits per heavy atom. The molecule has 1 N–H and O–H groups in total. The summed E-state index contributed by atoms with van der Waals surface area (Å²) in [6.45, 7) is 6.40. The van der Waals surface area contributed by atoms with Crippen LogP contribution >= 0.6 is 11.6 Å². The third kappa shape index (κ3) is 3.41. The number of para-hydroxylation sites is 1. The van der Waals surface area contributed by atoms with E-state index in [1.807, 2.05) is 36.4 Å². The first-order valence-corrected chi connectivity index (χ1v) is 8.80. The summed E-state index contributed by atoms with van der Waals surface area (Å²) in [4.78, 5) is 19.0. The van der Waals surface area contributed by atoms with Crippen molar-refractivity contribution >= 4 is 23.3 Å². The van der Waals surface area contributed by atoms with Crippen molar-refractivity contribution in [3.05, 3.63) is 47.0 Å². The number of aryl methyl sites for hydroxylation is 2. The van der Waals surface area contributed by atoms with E-state index in [-0.39, 0.29) is 11.9 Å². The second-order valence-corrected chi connectivity index (χ2v) is 6.63. The number of carbonyl (C=O) groups is 1. The van der Waals surface area contributed by atoms with Crippen LogP contribution in [-0.2, 0) is 6.54 Å². The predicted octanol–water partition coefficient (Wildman–Crippen LogP) is 4.28. The van der Waals surface area contributed by atoms with Crippen molar-refractivity contribution in [2.45, 2.75) is 39.2 Å². The monoisotopic (exact) mass is 346 g/mol. The number of aromatic nitrogens is 2. The van der Waals surface area contributed by atoms with E-state index in [2.05, 4.69) is 21.8 Å². The van der Waals surface area contributed by atoms with Gasteiger partial charge in [0, 0.05) is 37.9 Å². The van der Waals surface area contributed by atoms with Gasteiger partial charge in [-0.3, -0.25) is 0 Å². The van der Waals surface area contributed by atoms with E-state index >= 15 is 0 Å². The molecule has 3 rings (SSSR count). The first kappa shape index (κ1) is 16.8. The maximum Gasteiger partial charge on any atom is 0.321 e. The zero-order valence-corrected chi connectivity index (χ0v) is 14.9. The molecule has 2 aromatic rings. The molecule has 1 saturated heterocycles. The average Bonchev–Trinajstić information content (AvgIpc) is 3.07. The Kier molecular flexibility index (Phi) is 5.09. The molecule has 0 bridgehead atoms. The van der Waals surface area contributed by atoms with Crippen molar-refractivity contribution in [3.8, 4) is 0 Å². The minimum absolute atomic E-state index is 0.0921. The minimum atomic E-state index is -0.0921. The van der Waals surface area contributed by atoms with Crippen LogP contribution < -0.4 is 5.32 Å². The van der Waals surface area contributed by atoms with Crippen LogP contribution in [0.2, 0.25) is 5.02 Å². The lowest BCUT2D eigenvalue weighted by molar-refractivity contribution is 0.190. The second kappa shape index (κ2) is 7.26. The van der Waals surface area contributed by atoms with Crippen LogP contribution in [0.1, 0.15) is 37.1 Å². The van der Waals surface area contributed by atoms with Gasteiger partial charge in [-0.05, 0) is 38.3 Å². The molecule has 0 radical (unpaired) electrons. The third-order valence-corrected chi connectivity index (χ3v) is 4.93. The molecule has 128 valence electrons. The van der Waals surface area contributed by atoms with Gasteiger partial charge in [-0.1, -0.05) is 23.7 Å². The lowest BCUT2D eigenvalue weighted by Crippen LogP contribution is -2.42. The SMILES string of the molecule is CCn1ccnc1C1CCCN(C(=O)Nc2c(C)cccc2Cl)C1. The maximum atomic E-state index is 12.7. The summed E-state index contributed by atoms with van der Waals surface area (Å²) in [7, 11) is 0. The highest BCUT2D eigenvalue weighted by Crippen LogP contribution is 2.28. The number of piperidine rings is 1. The standard InChI is InChI=1S/C18H23ClN4O/c1-3-22-11-9-20-17(22)14-7-5-10-23(12-14)18(24)21-16-13(2)6-4-8-15(16)19/h4,6,8-9,11,14H,3,5,7,10,12H2,1-2H3,(H,21,24). The molecule has 1 aromatic carbocycles.